The van der Waals surface area contributed by atoms with Crippen molar-refractivity contribution < 1.29 is 18.0 Å². The van der Waals surface area contributed by atoms with Gasteiger partial charge in [-0.3, -0.25) is 0 Å². The van der Waals surface area contributed by atoms with Gasteiger partial charge in [-0.25, -0.2) is 8.42 Å². The maximum atomic E-state index is 11.8. The molecule has 3 rings (SSSR count). The van der Waals surface area contributed by atoms with E-state index < -0.39 is 9.84 Å². The SMILES string of the molecule is CS(=O)(=O)c1cc(Cl)ccc1Cc1noc(C2CC2)c1O. The van der Waals surface area contributed by atoms with Crippen molar-refractivity contribution in [3.8, 4) is 5.75 Å². The summed E-state index contributed by atoms with van der Waals surface area (Å²) in [7, 11) is -3.41. The molecule has 1 saturated carbocycles. The van der Waals surface area contributed by atoms with Gasteiger partial charge in [0.05, 0.1) is 4.90 Å². The average molecular weight is 328 g/mol. The molecule has 1 aliphatic rings. The molecule has 112 valence electrons. The first-order chi connectivity index (χ1) is 9.86. The zero-order chi connectivity index (χ0) is 15.2. The summed E-state index contributed by atoms with van der Waals surface area (Å²) in [6.07, 6.45) is 3.28. The van der Waals surface area contributed by atoms with Crippen LogP contribution in [-0.4, -0.2) is 24.9 Å². The Morgan fingerprint density at radius 3 is 2.76 bits per heavy atom. The predicted molar refractivity (Wildman–Crippen MR) is 77.5 cm³/mol. The number of sulfone groups is 1. The van der Waals surface area contributed by atoms with E-state index >= 15 is 0 Å². The minimum Gasteiger partial charge on any atom is -0.503 e. The van der Waals surface area contributed by atoms with Gasteiger partial charge in [0.2, 0.25) is 0 Å². The Kier molecular flexibility index (Phi) is 3.45. The summed E-state index contributed by atoms with van der Waals surface area (Å²) in [5.41, 5.74) is 0.886. The van der Waals surface area contributed by atoms with Crippen molar-refractivity contribution in [2.24, 2.45) is 0 Å². The van der Waals surface area contributed by atoms with Crippen LogP contribution in [0.1, 0.15) is 35.8 Å². The van der Waals surface area contributed by atoms with Crippen molar-refractivity contribution in [1.29, 1.82) is 0 Å². The van der Waals surface area contributed by atoms with E-state index in [0.717, 1.165) is 19.1 Å². The lowest BCUT2D eigenvalue weighted by atomic mass is 10.1. The first-order valence-corrected chi connectivity index (χ1v) is 8.79. The number of benzene rings is 1. The van der Waals surface area contributed by atoms with Gasteiger partial charge >= 0.3 is 0 Å². The maximum Gasteiger partial charge on any atom is 0.182 e. The van der Waals surface area contributed by atoms with Crippen molar-refractivity contribution in [3.05, 3.63) is 40.2 Å². The highest BCUT2D eigenvalue weighted by atomic mass is 35.5. The molecule has 1 N–H and O–H groups in total. The number of aromatic nitrogens is 1. The van der Waals surface area contributed by atoms with Crippen LogP contribution in [0.3, 0.4) is 0 Å². The standard InChI is InChI=1S/C14H14ClNO4S/c1-21(18,19)12-7-10(15)5-4-9(12)6-11-13(17)14(20-16-11)8-2-3-8/h4-5,7-8,17H,2-3,6H2,1H3. The van der Waals surface area contributed by atoms with Crippen LogP contribution < -0.4 is 0 Å². The van der Waals surface area contributed by atoms with Gasteiger partial charge in [0.25, 0.3) is 0 Å². The normalized spacial score (nSPS) is 15.3. The quantitative estimate of drug-likeness (QED) is 0.933. The van der Waals surface area contributed by atoms with Crippen LogP contribution in [-0.2, 0) is 16.3 Å². The van der Waals surface area contributed by atoms with Crippen LogP contribution in [0, 0.1) is 0 Å². The smallest absolute Gasteiger partial charge is 0.182 e. The molecule has 2 aromatic rings. The molecule has 1 heterocycles. The summed E-state index contributed by atoms with van der Waals surface area (Å²) in [5.74, 6) is 0.776. The van der Waals surface area contributed by atoms with Gasteiger partial charge in [0.1, 0.15) is 5.69 Å². The Labute approximate surface area is 127 Å². The van der Waals surface area contributed by atoms with Crippen LogP contribution in [0.4, 0.5) is 0 Å². The fraction of sp³-hybridized carbons (Fsp3) is 0.357. The van der Waals surface area contributed by atoms with E-state index in [2.05, 4.69) is 5.16 Å². The van der Waals surface area contributed by atoms with Gasteiger partial charge in [-0.2, -0.15) is 0 Å². The third-order valence-corrected chi connectivity index (χ3v) is 4.91. The first kappa shape index (κ1) is 14.4. The van der Waals surface area contributed by atoms with Gasteiger partial charge in [-0.1, -0.05) is 22.8 Å². The molecule has 0 amide bonds. The number of rotatable bonds is 4. The molecule has 1 aliphatic carbocycles. The van der Waals surface area contributed by atoms with Crippen molar-refractivity contribution in [3.63, 3.8) is 0 Å². The van der Waals surface area contributed by atoms with E-state index in [1.54, 1.807) is 12.1 Å². The molecule has 21 heavy (non-hydrogen) atoms. The van der Waals surface area contributed by atoms with E-state index in [1.165, 1.54) is 6.07 Å². The summed E-state index contributed by atoms with van der Waals surface area (Å²) in [6, 6.07) is 4.65. The minimum absolute atomic E-state index is 0.0342. The Bertz CT molecular complexity index is 793. The fourth-order valence-electron chi connectivity index (χ4n) is 2.26. The molecule has 1 aromatic carbocycles. The van der Waals surface area contributed by atoms with Gasteiger partial charge in [0.15, 0.2) is 21.3 Å². The van der Waals surface area contributed by atoms with E-state index in [4.69, 9.17) is 16.1 Å². The third-order valence-electron chi connectivity index (χ3n) is 3.50. The minimum atomic E-state index is -3.41. The molecule has 5 nitrogen and oxygen atoms in total. The van der Waals surface area contributed by atoms with Gasteiger partial charge in [0, 0.05) is 23.6 Å². The lowest BCUT2D eigenvalue weighted by molar-refractivity contribution is 0.368. The zero-order valence-corrected chi connectivity index (χ0v) is 12.9. The lowest BCUT2D eigenvalue weighted by Crippen LogP contribution is -2.03. The highest BCUT2D eigenvalue weighted by Gasteiger charge is 2.32. The number of halogens is 1. The number of nitrogens with zero attached hydrogens (tertiary/aromatic N) is 1. The molecule has 0 spiro atoms. The zero-order valence-electron chi connectivity index (χ0n) is 11.3. The fourth-order valence-corrected chi connectivity index (χ4v) is 3.46. The molecule has 1 fully saturated rings. The van der Waals surface area contributed by atoms with Crippen molar-refractivity contribution >= 4 is 21.4 Å². The van der Waals surface area contributed by atoms with E-state index in [-0.39, 0.29) is 23.0 Å². The Balaban J connectivity index is 1.98. The van der Waals surface area contributed by atoms with Crippen molar-refractivity contribution in [1.82, 2.24) is 5.16 Å². The number of hydrogen-bond acceptors (Lipinski definition) is 5. The van der Waals surface area contributed by atoms with Crippen LogP contribution in [0.25, 0.3) is 0 Å². The number of aromatic hydroxyl groups is 1. The summed E-state index contributed by atoms with van der Waals surface area (Å²) >= 11 is 5.86. The second-order valence-electron chi connectivity index (χ2n) is 5.32. The summed E-state index contributed by atoms with van der Waals surface area (Å²) in [5, 5.41) is 14.3. The van der Waals surface area contributed by atoms with Gasteiger partial charge < -0.3 is 9.63 Å². The molecular formula is C14H14ClNO4S. The topological polar surface area (TPSA) is 80.4 Å². The van der Waals surface area contributed by atoms with Crippen LogP contribution >= 0.6 is 11.6 Å². The van der Waals surface area contributed by atoms with Crippen LogP contribution in [0.15, 0.2) is 27.6 Å². The second kappa shape index (κ2) is 5.03. The Hall–Kier alpha value is -1.53. The molecule has 0 aliphatic heterocycles. The lowest BCUT2D eigenvalue weighted by Gasteiger charge is -2.07. The molecule has 0 unspecified atom stereocenters. The van der Waals surface area contributed by atoms with E-state index in [0.29, 0.717) is 22.0 Å². The molecular weight excluding hydrogens is 314 g/mol. The summed E-state index contributed by atoms with van der Waals surface area (Å²) in [6.45, 7) is 0. The van der Waals surface area contributed by atoms with Crippen LogP contribution in [0.2, 0.25) is 5.02 Å². The average Bonchev–Trinajstić information content (AvgIpc) is 3.17. The Morgan fingerprint density at radius 1 is 1.43 bits per heavy atom. The number of hydrogen-bond donors (Lipinski definition) is 1. The molecule has 7 heteroatoms. The first-order valence-electron chi connectivity index (χ1n) is 6.52. The molecule has 0 bridgehead atoms. The second-order valence-corrected chi connectivity index (χ2v) is 7.74. The van der Waals surface area contributed by atoms with Crippen molar-refractivity contribution in [2.45, 2.75) is 30.1 Å². The highest BCUT2D eigenvalue weighted by Crippen LogP contribution is 2.45. The largest absolute Gasteiger partial charge is 0.503 e. The van der Waals surface area contributed by atoms with Crippen molar-refractivity contribution in [2.75, 3.05) is 6.26 Å². The van der Waals surface area contributed by atoms with Gasteiger partial charge in [-0.15, -0.1) is 0 Å². The molecule has 1 aromatic heterocycles. The summed E-state index contributed by atoms with van der Waals surface area (Å²) < 4.78 is 28.8. The third kappa shape index (κ3) is 2.91. The predicted octanol–water partition coefficient (Wildman–Crippen LogP) is 2.91. The monoisotopic (exact) mass is 327 g/mol. The van der Waals surface area contributed by atoms with Gasteiger partial charge in [-0.05, 0) is 30.5 Å². The van der Waals surface area contributed by atoms with Crippen LogP contribution in [0.5, 0.6) is 5.75 Å². The highest BCUT2D eigenvalue weighted by molar-refractivity contribution is 7.90. The summed E-state index contributed by atoms with van der Waals surface area (Å²) in [4.78, 5) is 0.144. The van der Waals surface area contributed by atoms with E-state index in [9.17, 15) is 13.5 Å². The Morgan fingerprint density at radius 2 is 2.14 bits per heavy atom. The maximum absolute atomic E-state index is 11.8. The molecule has 0 atom stereocenters. The molecule has 0 radical (unpaired) electrons. The van der Waals surface area contributed by atoms with E-state index in [1.807, 2.05) is 0 Å². The molecule has 0 saturated heterocycles.